The molecule has 0 aromatic rings. The highest BCUT2D eigenvalue weighted by atomic mass is 31.2. The number of hydrogen-bond donors (Lipinski definition) is 3. The molecule has 0 bridgehead atoms. The lowest BCUT2D eigenvalue weighted by molar-refractivity contribution is -0.161. The summed E-state index contributed by atoms with van der Waals surface area (Å²) in [6.45, 7) is 4.83. The Labute approximate surface area is 610 Å². The molecule has 0 spiro atoms. The van der Waals surface area contributed by atoms with Gasteiger partial charge in [0.1, 0.15) is 19.3 Å². The first-order valence-electron chi connectivity index (χ1n) is 40.9. The molecule has 0 fully saturated rings. The number of aliphatic hydroxyl groups is 1. The van der Waals surface area contributed by atoms with Crippen molar-refractivity contribution in [2.45, 2.75) is 406 Å². The van der Waals surface area contributed by atoms with E-state index in [9.17, 15) is 43.2 Å². The Morgan fingerprint density at radius 3 is 0.810 bits per heavy atom. The molecule has 17 nitrogen and oxygen atoms in total. The minimum absolute atomic E-state index is 0.0861. The fourth-order valence-corrected chi connectivity index (χ4v) is 13.2. The van der Waals surface area contributed by atoms with E-state index >= 15 is 0 Å². The number of phosphoric ester groups is 2. The predicted molar refractivity (Wildman–Crippen MR) is 409 cm³/mol. The molecule has 100 heavy (non-hydrogen) atoms. The van der Waals surface area contributed by atoms with Crippen LogP contribution in [0.2, 0.25) is 0 Å². The highest BCUT2D eigenvalue weighted by Gasteiger charge is 2.30. The number of ether oxygens (including phenoxy) is 4. The number of carbonyl (C=O) groups excluding carboxylic acids is 4. The first-order chi connectivity index (χ1) is 48.7. The molecule has 0 heterocycles. The van der Waals surface area contributed by atoms with E-state index in [1.807, 2.05) is 0 Å². The molecule has 0 rings (SSSR count). The summed E-state index contributed by atoms with van der Waals surface area (Å²) in [5.74, 6) is -2.16. The largest absolute Gasteiger partial charge is 0.472 e. The highest BCUT2D eigenvalue weighted by molar-refractivity contribution is 7.47. The molecular weight excluding hydrogens is 1310 g/mol. The maximum atomic E-state index is 13.1. The van der Waals surface area contributed by atoms with Crippen molar-refractivity contribution in [3.8, 4) is 0 Å². The van der Waals surface area contributed by atoms with Crippen molar-refractivity contribution in [2.24, 2.45) is 0 Å². The van der Waals surface area contributed by atoms with Gasteiger partial charge in [-0.05, 0) is 83.5 Å². The van der Waals surface area contributed by atoms with Crippen LogP contribution in [-0.2, 0) is 65.4 Å². The number of allylic oxidation sites excluding steroid dienone is 8. The van der Waals surface area contributed by atoms with Gasteiger partial charge in [0.15, 0.2) is 12.2 Å². The SMILES string of the molecule is CC/C=C\C/C=C\C/C=C\CCCCCCCC(=O)OCC(COP(=O)(O)OCC(O)COP(=O)(O)OCC(COC(=O)CCCCCCCCCCCCCCCCC)OC(=O)CCCCCCCCCCCCCCCCC)OC(=O)CCCCCCC/C=C\CCCCCCCC. The normalized spacial score (nSPS) is 14.1. The molecule has 0 aliphatic heterocycles. The average molecular weight is 1460 g/mol. The van der Waals surface area contributed by atoms with Crippen LogP contribution < -0.4 is 0 Å². The van der Waals surface area contributed by atoms with Crippen LogP contribution in [0.25, 0.3) is 0 Å². The zero-order valence-electron chi connectivity index (χ0n) is 64.1. The summed E-state index contributed by atoms with van der Waals surface area (Å²) < 4.78 is 68.7. The standard InChI is InChI=1S/C81H150O17P2/c1-5-9-13-17-21-25-29-33-37-41-45-49-53-57-61-65-78(83)91-71-76(97-80(85)67-63-59-55-51-47-43-39-35-31-27-23-19-15-11-7-3)73-95-99(87,88)93-69-75(82)70-94-100(89,90)96-74-77(98-81(86)68-64-60-56-52-48-44-40-36-32-28-24-20-16-12-8-4)72-92-79(84)66-62-58-54-50-46-42-38-34-30-26-22-18-14-10-6-2/h9,13,21,25,33,35,37,39,75-77,82H,5-8,10-12,14-20,22-24,26-32,34,36,38,40-74H2,1-4H3,(H,87,88)(H,89,90)/b13-9-,25-21-,37-33-,39-35-. The van der Waals surface area contributed by atoms with Gasteiger partial charge >= 0.3 is 39.5 Å². The van der Waals surface area contributed by atoms with Crippen LogP contribution in [-0.4, -0.2) is 96.7 Å². The van der Waals surface area contributed by atoms with Crippen molar-refractivity contribution in [2.75, 3.05) is 39.6 Å². The second-order valence-electron chi connectivity index (χ2n) is 27.7. The van der Waals surface area contributed by atoms with Crippen molar-refractivity contribution in [3.05, 3.63) is 48.6 Å². The van der Waals surface area contributed by atoms with E-state index in [-0.39, 0.29) is 25.7 Å². The molecule has 0 radical (unpaired) electrons. The van der Waals surface area contributed by atoms with E-state index in [4.69, 9.17) is 37.0 Å². The number of esters is 4. The summed E-state index contributed by atoms with van der Waals surface area (Å²) in [5, 5.41) is 10.6. The van der Waals surface area contributed by atoms with E-state index in [1.54, 1.807) is 0 Å². The van der Waals surface area contributed by atoms with Crippen LogP contribution in [0.1, 0.15) is 387 Å². The second-order valence-corrected chi connectivity index (χ2v) is 30.6. The molecule has 5 atom stereocenters. The van der Waals surface area contributed by atoms with Gasteiger partial charge in [-0.3, -0.25) is 37.3 Å². The number of unbranched alkanes of at least 4 members (excludes halogenated alkanes) is 44. The third-order valence-corrected chi connectivity index (χ3v) is 19.7. The van der Waals surface area contributed by atoms with Gasteiger partial charge < -0.3 is 33.8 Å². The van der Waals surface area contributed by atoms with E-state index in [2.05, 4.69) is 76.3 Å². The summed E-state index contributed by atoms with van der Waals surface area (Å²) in [6.07, 6.45) is 72.2. The van der Waals surface area contributed by atoms with Gasteiger partial charge in [-0.15, -0.1) is 0 Å². The van der Waals surface area contributed by atoms with Crippen LogP contribution in [0.5, 0.6) is 0 Å². The van der Waals surface area contributed by atoms with E-state index in [0.717, 1.165) is 135 Å². The lowest BCUT2D eigenvalue weighted by Crippen LogP contribution is -2.30. The summed E-state index contributed by atoms with van der Waals surface area (Å²) in [5.41, 5.74) is 0. The van der Waals surface area contributed by atoms with Gasteiger partial charge in [-0.1, -0.05) is 327 Å². The Morgan fingerprint density at radius 1 is 0.290 bits per heavy atom. The smallest absolute Gasteiger partial charge is 0.462 e. The average Bonchev–Trinajstić information content (AvgIpc) is 1.01. The number of phosphoric acid groups is 2. The number of hydrogen-bond acceptors (Lipinski definition) is 15. The van der Waals surface area contributed by atoms with Crippen molar-refractivity contribution in [1.82, 2.24) is 0 Å². The summed E-state index contributed by atoms with van der Waals surface area (Å²) in [6, 6.07) is 0. The molecular formula is C81H150O17P2. The van der Waals surface area contributed by atoms with Crippen LogP contribution >= 0.6 is 15.6 Å². The van der Waals surface area contributed by atoms with Gasteiger partial charge in [0.2, 0.25) is 0 Å². The predicted octanol–water partition coefficient (Wildman–Crippen LogP) is 23.7. The number of rotatable bonds is 78. The van der Waals surface area contributed by atoms with Gasteiger partial charge in [0, 0.05) is 25.7 Å². The Bertz CT molecular complexity index is 2080. The zero-order chi connectivity index (χ0) is 73.2. The first kappa shape index (κ1) is 97.0. The van der Waals surface area contributed by atoms with E-state index < -0.39 is 97.5 Å². The maximum Gasteiger partial charge on any atom is 0.472 e. The van der Waals surface area contributed by atoms with Crippen molar-refractivity contribution >= 4 is 39.5 Å². The molecule has 586 valence electrons. The number of carbonyl (C=O) groups is 4. The molecule has 3 N–H and O–H groups in total. The monoisotopic (exact) mass is 1460 g/mol. The molecule has 0 aromatic carbocycles. The van der Waals surface area contributed by atoms with Gasteiger partial charge in [-0.25, -0.2) is 9.13 Å². The summed E-state index contributed by atoms with van der Waals surface area (Å²) >= 11 is 0. The molecule has 0 saturated heterocycles. The lowest BCUT2D eigenvalue weighted by atomic mass is 10.0. The molecule has 5 unspecified atom stereocenters. The quantitative estimate of drug-likeness (QED) is 0.0169. The minimum Gasteiger partial charge on any atom is -0.462 e. The van der Waals surface area contributed by atoms with Crippen molar-refractivity contribution < 1.29 is 80.2 Å². The van der Waals surface area contributed by atoms with E-state index in [0.29, 0.717) is 25.7 Å². The number of aliphatic hydroxyl groups excluding tert-OH is 1. The fourth-order valence-electron chi connectivity index (χ4n) is 11.6. The third kappa shape index (κ3) is 73.3. The van der Waals surface area contributed by atoms with Crippen LogP contribution in [0.15, 0.2) is 48.6 Å². The molecule has 0 aliphatic carbocycles. The molecule has 0 amide bonds. The first-order valence-corrected chi connectivity index (χ1v) is 43.9. The molecule has 0 aromatic heterocycles. The van der Waals surface area contributed by atoms with Gasteiger partial charge in [0.05, 0.1) is 26.4 Å². The highest BCUT2D eigenvalue weighted by Crippen LogP contribution is 2.45. The molecule has 0 aliphatic rings. The molecule has 0 saturated carbocycles. The summed E-state index contributed by atoms with van der Waals surface area (Å²) in [7, 11) is -9.94. The summed E-state index contributed by atoms with van der Waals surface area (Å²) in [4.78, 5) is 73.0. The van der Waals surface area contributed by atoms with E-state index in [1.165, 1.54) is 173 Å². The maximum absolute atomic E-state index is 13.1. The fraction of sp³-hybridized carbons (Fsp3) is 0.852. The minimum atomic E-state index is -4.97. The Hall–Kier alpha value is -2.98. The topological polar surface area (TPSA) is 237 Å². The Kier molecular flexibility index (Phi) is 72.1. The Balaban J connectivity index is 5.32. The van der Waals surface area contributed by atoms with Crippen LogP contribution in [0.4, 0.5) is 0 Å². The van der Waals surface area contributed by atoms with Gasteiger partial charge in [0.25, 0.3) is 0 Å². The van der Waals surface area contributed by atoms with Crippen molar-refractivity contribution in [1.29, 1.82) is 0 Å². The van der Waals surface area contributed by atoms with Crippen molar-refractivity contribution in [3.63, 3.8) is 0 Å². The second kappa shape index (κ2) is 74.3. The lowest BCUT2D eigenvalue weighted by Gasteiger charge is -2.21. The van der Waals surface area contributed by atoms with Gasteiger partial charge in [-0.2, -0.15) is 0 Å². The zero-order valence-corrected chi connectivity index (χ0v) is 65.9. The van der Waals surface area contributed by atoms with Crippen LogP contribution in [0, 0.1) is 0 Å². The third-order valence-electron chi connectivity index (χ3n) is 17.8. The molecule has 19 heteroatoms. The Morgan fingerprint density at radius 2 is 0.520 bits per heavy atom. The van der Waals surface area contributed by atoms with Crippen LogP contribution in [0.3, 0.4) is 0 Å².